The van der Waals surface area contributed by atoms with E-state index >= 15 is 0 Å². The van der Waals surface area contributed by atoms with Crippen LogP contribution in [0.15, 0.2) is 72.1 Å². The van der Waals surface area contributed by atoms with Crippen LogP contribution < -0.4 is 10.6 Å². The van der Waals surface area contributed by atoms with Crippen LogP contribution in [0.2, 0.25) is 5.02 Å². The molecule has 1 heterocycles. The van der Waals surface area contributed by atoms with Crippen molar-refractivity contribution in [3.05, 3.63) is 94.1 Å². The zero-order chi connectivity index (χ0) is 21.1. The maximum absolute atomic E-state index is 13.8. The van der Waals surface area contributed by atoms with Gasteiger partial charge in [0, 0.05) is 27.3 Å². The van der Waals surface area contributed by atoms with Crippen molar-refractivity contribution in [2.24, 2.45) is 0 Å². The molecule has 2 N–H and O–H groups in total. The van der Waals surface area contributed by atoms with Gasteiger partial charge in [-0.15, -0.1) is 11.3 Å². The van der Waals surface area contributed by atoms with Gasteiger partial charge in [-0.05, 0) is 48.9 Å². The Morgan fingerprint density at radius 2 is 1.83 bits per heavy atom. The molecule has 0 atom stereocenters. The molecule has 3 aromatic carbocycles. The normalized spacial score (nSPS) is 10.6. The van der Waals surface area contributed by atoms with Gasteiger partial charge in [-0.25, -0.2) is 9.37 Å². The van der Waals surface area contributed by atoms with Crippen molar-refractivity contribution in [1.82, 2.24) is 4.98 Å². The first-order chi connectivity index (χ1) is 14.5. The van der Waals surface area contributed by atoms with Crippen molar-refractivity contribution in [3.8, 4) is 11.3 Å². The van der Waals surface area contributed by atoms with Gasteiger partial charge in [0.2, 0.25) is 0 Å². The maximum atomic E-state index is 13.8. The summed E-state index contributed by atoms with van der Waals surface area (Å²) in [5, 5.41) is 9.37. The fraction of sp³-hybridized carbons (Fsp3) is 0.0435. The molecule has 0 unspecified atom stereocenters. The minimum Gasteiger partial charge on any atom is -0.331 e. The largest absolute Gasteiger partial charge is 0.331 e. The third-order valence-electron chi connectivity index (χ3n) is 4.50. The highest BCUT2D eigenvalue weighted by Gasteiger charge is 2.11. The monoisotopic (exact) mass is 437 g/mol. The SMILES string of the molecule is Cc1ccc(Cl)cc1Nc1nc(-c2ccc(NC(=O)c3ccccc3F)cc2)cs1. The van der Waals surface area contributed by atoms with Crippen LogP contribution >= 0.6 is 22.9 Å². The first-order valence-electron chi connectivity index (χ1n) is 9.14. The zero-order valence-corrected chi connectivity index (χ0v) is 17.5. The Labute approximate surface area is 182 Å². The first-order valence-corrected chi connectivity index (χ1v) is 10.4. The Morgan fingerprint density at radius 1 is 1.07 bits per heavy atom. The van der Waals surface area contributed by atoms with Crippen molar-refractivity contribution < 1.29 is 9.18 Å². The van der Waals surface area contributed by atoms with Crippen molar-refractivity contribution in [2.45, 2.75) is 6.92 Å². The Bertz CT molecular complexity index is 1210. The standard InChI is InChI=1S/C23H17ClFN3OS/c1-14-6-9-16(24)12-20(14)27-23-28-21(13-30-23)15-7-10-17(11-8-15)26-22(29)18-4-2-3-5-19(18)25/h2-13H,1H3,(H,26,29)(H,27,28). The molecule has 1 amide bonds. The molecular formula is C23H17ClFN3OS. The summed E-state index contributed by atoms with van der Waals surface area (Å²) in [6.07, 6.45) is 0. The summed E-state index contributed by atoms with van der Waals surface area (Å²) in [6.45, 7) is 2.00. The number of carbonyl (C=O) groups excluding carboxylic acids is 1. The van der Waals surface area contributed by atoms with E-state index in [-0.39, 0.29) is 5.56 Å². The molecule has 150 valence electrons. The molecule has 0 fully saturated rings. The lowest BCUT2D eigenvalue weighted by atomic mass is 10.1. The number of anilines is 3. The molecule has 4 nitrogen and oxygen atoms in total. The van der Waals surface area contributed by atoms with E-state index in [2.05, 4.69) is 15.6 Å². The lowest BCUT2D eigenvalue weighted by molar-refractivity contribution is 0.102. The number of nitrogens with zero attached hydrogens (tertiary/aromatic N) is 1. The molecule has 1 aromatic heterocycles. The van der Waals surface area contributed by atoms with Gasteiger partial charge in [0.1, 0.15) is 5.82 Å². The van der Waals surface area contributed by atoms with Crippen LogP contribution in [0.3, 0.4) is 0 Å². The second kappa shape index (κ2) is 8.65. The third kappa shape index (κ3) is 4.50. The number of thiazole rings is 1. The molecule has 0 saturated heterocycles. The number of carbonyl (C=O) groups is 1. The van der Waals surface area contributed by atoms with Crippen LogP contribution in [0.4, 0.5) is 20.9 Å². The number of amides is 1. The fourth-order valence-corrected chi connectivity index (χ4v) is 3.78. The molecule has 0 saturated carbocycles. The highest BCUT2D eigenvalue weighted by Crippen LogP contribution is 2.30. The molecular weight excluding hydrogens is 421 g/mol. The maximum Gasteiger partial charge on any atom is 0.258 e. The molecule has 4 rings (SSSR count). The van der Waals surface area contributed by atoms with Crippen LogP contribution in [0.5, 0.6) is 0 Å². The van der Waals surface area contributed by atoms with Gasteiger partial charge in [0.05, 0.1) is 11.3 Å². The number of hydrogen-bond acceptors (Lipinski definition) is 4. The van der Waals surface area contributed by atoms with Crippen LogP contribution in [-0.2, 0) is 0 Å². The molecule has 0 radical (unpaired) electrons. The van der Waals surface area contributed by atoms with E-state index in [4.69, 9.17) is 11.6 Å². The highest BCUT2D eigenvalue weighted by molar-refractivity contribution is 7.14. The van der Waals surface area contributed by atoms with Crippen LogP contribution in [0.1, 0.15) is 15.9 Å². The number of aromatic nitrogens is 1. The predicted molar refractivity (Wildman–Crippen MR) is 121 cm³/mol. The Hall–Kier alpha value is -3.22. The lowest BCUT2D eigenvalue weighted by Crippen LogP contribution is -2.13. The molecule has 0 aliphatic rings. The van der Waals surface area contributed by atoms with E-state index in [9.17, 15) is 9.18 Å². The van der Waals surface area contributed by atoms with E-state index < -0.39 is 11.7 Å². The molecule has 7 heteroatoms. The number of benzene rings is 3. The second-order valence-electron chi connectivity index (χ2n) is 6.63. The quantitative estimate of drug-likeness (QED) is 0.356. The highest BCUT2D eigenvalue weighted by atomic mass is 35.5. The summed E-state index contributed by atoms with van der Waals surface area (Å²) in [4.78, 5) is 16.9. The summed E-state index contributed by atoms with van der Waals surface area (Å²) in [5.41, 5.74) is 4.30. The molecule has 4 aromatic rings. The van der Waals surface area contributed by atoms with Gasteiger partial charge in [-0.3, -0.25) is 4.79 Å². The Kier molecular flexibility index (Phi) is 5.79. The summed E-state index contributed by atoms with van der Waals surface area (Å²) in [6, 6.07) is 18.8. The first kappa shape index (κ1) is 20.1. The van der Waals surface area contributed by atoms with E-state index in [1.807, 2.05) is 42.6 Å². The third-order valence-corrected chi connectivity index (χ3v) is 5.50. The van der Waals surface area contributed by atoms with E-state index in [0.717, 1.165) is 27.6 Å². The molecule has 30 heavy (non-hydrogen) atoms. The van der Waals surface area contributed by atoms with Gasteiger partial charge < -0.3 is 10.6 Å². The molecule has 0 bridgehead atoms. The smallest absolute Gasteiger partial charge is 0.258 e. The van der Waals surface area contributed by atoms with Crippen molar-refractivity contribution in [3.63, 3.8) is 0 Å². The Balaban J connectivity index is 1.46. The fourth-order valence-electron chi connectivity index (χ4n) is 2.88. The average molecular weight is 438 g/mol. The van der Waals surface area contributed by atoms with Crippen LogP contribution in [0.25, 0.3) is 11.3 Å². The van der Waals surface area contributed by atoms with Crippen molar-refractivity contribution in [1.29, 1.82) is 0 Å². The van der Waals surface area contributed by atoms with Gasteiger partial charge in [-0.2, -0.15) is 0 Å². The Morgan fingerprint density at radius 3 is 2.60 bits per heavy atom. The number of rotatable bonds is 5. The number of nitrogens with one attached hydrogen (secondary N) is 2. The predicted octanol–water partition coefficient (Wildman–Crippen LogP) is 6.91. The number of halogens is 2. The number of aryl methyl sites for hydroxylation is 1. The summed E-state index contributed by atoms with van der Waals surface area (Å²) in [7, 11) is 0. The van der Waals surface area contributed by atoms with Gasteiger partial charge in [0.25, 0.3) is 5.91 Å². The minimum absolute atomic E-state index is 0.00750. The number of hydrogen-bond donors (Lipinski definition) is 2. The summed E-state index contributed by atoms with van der Waals surface area (Å²) >= 11 is 7.57. The molecule has 0 aliphatic carbocycles. The van der Waals surface area contributed by atoms with Crippen molar-refractivity contribution in [2.75, 3.05) is 10.6 Å². The zero-order valence-electron chi connectivity index (χ0n) is 15.9. The van der Waals surface area contributed by atoms with Gasteiger partial charge >= 0.3 is 0 Å². The summed E-state index contributed by atoms with van der Waals surface area (Å²) in [5.74, 6) is -1.04. The topological polar surface area (TPSA) is 54.0 Å². The molecule has 0 spiro atoms. The van der Waals surface area contributed by atoms with Gasteiger partial charge in [-0.1, -0.05) is 41.9 Å². The van der Waals surface area contributed by atoms with Crippen molar-refractivity contribution >= 4 is 45.4 Å². The lowest BCUT2D eigenvalue weighted by Gasteiger charge is -2.07. The van der Waals surface area contributed by atoms with Crippen LogP contribution in [0, 0.1) is 12.7 Å². The minimum atomic E-state index is -0.552. The molecule has 0 aliphatic heterocycles. The summed E-state index contributed by atoms with van der Waals surface area (Å²) < 4.78 is 13.8. The van der Waals surface area contributed by atoms with E-state index in [1.165, 1.54) is 23.5 Å². The van der Waals surface area contributed by atoms with Gasteiger partial charge in [0.15, 0.2) is 5.13 Å². The van der Waals surface area contributed by atoms with Crippen LogP contribution in [-0.4, -0.2) is 10.9 Å². The second-order valence-corrected chi connectivity index (χ2v) is 7.93. The van der Waals surface area contributed by atoms with E-state index in [1.54, 1.807) is 24.3 Å². The average Bonchev–Trinajstić information content (AvgIpc) is 3.20. The van der Waals surface area contributed by atoms with E-state index in [0.29, 0.717) is 10.7 Å².